The van der Waals surface area contributed by atoms with Crippen LogP contribution in [0.15, 0.2) is 76.2 Å². The van der Waals surface area contributed by atoms with Gasteiger partial charge < -0.3 is 4.52 Å². The molecule has 0 aliphatic carbocycles. The van der Waals surface area contributed by atoms with Crippen LogP contribution in [0.2, 0.25) is 0 Å². The summed E-state index contributed by atoms with van der Waals surface area (Å²) in [6.07, 6.45) is 1.72. The van der Waals surface area contributed by atoms with Gasteiger partial charge in [0.2, 0.25) is 0 Å². The molecule has 0 unspecified atom stereocenters. The average molecular weight is 349 g/mol. The smallest absolute Gasteiger partial charge is 0.258 e. The zero-order chi connectivity index (χ0) is 17.1. The molecule has 3 aromatic heterocycles. The van der Waals surface area contributed by atoms with Crippen molar-refractivity contribution in [1.82, 2.24) is 14.5 Å². The first-order chi connectivity index (χ1) is 12.3. The molecule has 0 fully saturated rings. The molecule has 4 aromatic rings. The Balaban J connectivity index is 1.43. The first-order valence-corrected chi connectivity index (χ1v) is 9.01. The Labute approximate surface area is 148 Å². The molecule has 0 saturated heterocycles. The molecule has 0 amide bonds. The summed E-state index contributed by atoms with van der Waals surface area (Å²) in [6, 6.07) is 19.0. The summed E-state index contributed by atoms with van der Waals surface area (Å²) < 4.78 is 6.93. The van der Waals surface area contributed by atoms with Gasteiger partial charge in [-0.05, 0) is 12.1 Å². The predicted molar refractivity (Wildman–Crippen MR) is 98.4 cm³/mol. The summed E-state index contributed by atoms with van der Waals surface area (Å²) in [5, 5.41) is 4.11. The highest BCUT2D eigenvalue weighted by molar-refractivity contribution is 7.97. The highest BCUT2D eigenvalue weighted by Gasteiger charge is 2.07. The molecular formula is C19H15N3O2S. The average Bonchev–Trinajstić information content (AvgIpc) is 3.12. The molecule has 0 radical (unpaired) electrons. The van der Waals surface area contributed by atoms with Gasteiger partial charge in [0.1, 0.15) is 17.1 Å². The highest BCUT2D eigenvalue weighted by Crippen LogP contribution is 2.22. The van der Waals surface area contributed by atoms with E-state index < -0.39 is 0 Å². The third-order valence-electron chi connectivity index (χ3n) is 3.75. The minimum Gasteiger partial charge on any atom is -0.360 e. The van der Waals surface area contributed by atoms with E-state index in [2.05, 4.69) is 10.1 Å². The fourth-order valence-electron chi connectivity index (χ4n) is 2.56. The van der Waals surface area contributed by atoms with Gasteiger partial charge in [-0.15, -0.1) is 11.8 Å². The van der Waals surface area contributed by atoms with E-state index in [1.807, 2.05) is 54.6 Å². The Morgan fingerprint density at radius 3 is 2.72 bits per heavy atom. The number of nitrogens with zero attached hydrogens (tertiary/aromatic N) is 3. The summed E-state index contributed by atoms with van der Waals surface area (Å²) >= 11 is 1.64. The lowest BCUT2D eigenvalue weighted by Crippen LogP contribution is -2.14. The van der Waals surface area contributed by atoms with Crippen LogP contribution in [-0.2, 0) is 11.5 Å². The Hall–Kier alpha value is -2.86. The minimum absolute atomic E-state index is 0.0628. The van der Waals surface area contributed by atoms with E-state index in [1.54, 1.807) is 24.0 Å². The number of fused-ring (bicyclic) bond motifs is 1. The third-order valence-corrected chi connectivity index (χ3v) is 4.74. The number of thioether (sulfide) groups is 1. The molecule has 0 atom stereocenters. The van der Waals surface area contributed by atoms with E-state index in [0.717, 1.165) is 22.7 Å². The van der Waals surface area contributed by atoms with Crippen LogP contribution in [0.1, 0.15) is 11.5 Å². The van der Waals surface area contributed by atoms with E-state index in [9.17, 15) is 4.79 Å². The molecule has 124 valence electrons. The maximum absolute atomic E-state index is 12.1. The van der Waals surface area contributed by atoms with Crippen molar-refractivity contribution in [2.75, 3.05) is 0 Å². The van der Waals surface area contributed by atoms with E-state index in [0.29, 0.717) is 17.2 Å². The van der Waals surface area contributed by atoms with Crippen LogP contribution in [-0.4, -0.2) is 14.5 Å². The number of benzene rings is 1. The van der Waals surface area contributed by atoms with Crippen molar-refractivity contribution in [2.24, 2.45) is 0 Å². The van der Waals surface area contributed by atoms with Crippen LogP contribution >= 0.6 is 11.8 Å². The second-order valence-electron chi connectivity index (χ2n) is 5.55. The second kappa shape index (κ2) is 6.94. The zero-order valence-corrected chi connectivity index (χ0v) is 14.1. The number of hydrogen-bond acceptors (Lipinski definition) is 5. The number of rotatable bonds is 5. The van der Waals surface area contributed by atoms with Gasteiger partial charge in [-0.2, -0.15) is 0 Å². The third kappa shape index (κ3) is 3.49. The summed E-state index contributed by atoms with van der Waals surface area (Å²) in [5.74, 6) is 2.12. The molecule has 0 N–H and O–H groups in total. The molecule has 3 heterocycles. The van der Waals surface area contributed by atoms with Crippen molar-refractivity contribution in [2.45, 2.75) is 11.5 Å². The lowest BCUT2D eigenvalue weighted by Gasteiger charge is -2.03. The predicted octanol–water partition coefficient (Wildman–Crippen LogP) is 3.78. The standard InChI is InChI=1S/C19H15N3O2S/c23-19-10-15(20-18-8-4-5-9-22(18)19)12-25-13-16-11-17(21-24-16)14-6-2-1-3-7-14/h1-11H,12-13H2. The van der Waals surface area contributed by atoms with Crippen LogP contribution in [0.5, 0.6) is 0 Å². The van der Waals surface area contributed by atoms with E-state index in [4.69, 9.17) is 4.52 Å². The monoisotopic (exact) mass is 349 g/mol. The summed E-state index contributed by atoms with van der Waals surface area (Å²) in [5.41, 5.74) is 3.23. The minimum atomic E-state index is -0.0628. The molecule has 0 aliphatic heterocycles. The number of pyridine rings is 1. The molecule has 0 aliphatic rings. The normalized spacial score (nSPS) is 11.0. The van der Waals surface area contributed by atoms with Crippen molar-refractivity contribution in [3.05, 3.63) is 88.7 Å². The topological polar surface area (TPSA) is 60.4 Å². The van der Waals surface area contributed by atoms with E-state index >= 15 is 0 Å². The maximum atomic E-state index is 12.1. The number of aromatic nitrogens is 3. The largest absolute Gasteiger partial charge is 0.360 e. The Morgan fingerprint density at radius 1 is 1.00 bits per heavy atom. The van der Waals surface area contributed by atoms with Gasteiger partial charge in [-0.25, -0.2) is 4.98 Å². The van der Waals surface area contributed by atoms with Crippen LogP contribution in [0.4, 0.5) is 0 Å². The van der Waals surface area contributed by atoms with Crippen molar-refractivity contribution >= 4 is 17.4 Å². The summed E-state index contributed by atoms with van der Waals surface area (Å²) in [6.45, 7) is 0. The van der Waals surface area contributed by atoms with Gasteiger partial charge in [0.25, 0.3) is 5.56 Å². The number of hydrogen-bond donors (Lipinski definition) is 0. The second-order valence-corrected chi connectivity index (χ2v) is 6.54. The Morgan fingerprint density at radius 2 is 1.84 bits per heavy atom. The Kier molecular flexibility index (Phi) is 4.35. The lowest BCUT2D eigenvalue weighted by molar-refractivity contribution is 0.397. The van der Waals surface area contributed by atoms with Crippen LogP contribution < -0.4 is 5.56 Å². The zero-order valence-electron chi connectivity index (χ0n) is 13.3. The highest BCUT2D eigenvalue weighted by atomic mass is 32.2. The quantitative estimate of drug-likeness (QED) is 0.549. The molecule has 1 aromatic carbocycles. The fourth-order valence-corrected chi connectivity index (χ4v) is 3.36. The van der Waals surface area contributed by atoms with Crippen molar-refractivity contribution in [1.29, 1.82) is 0 Å². The van der Waals surface area contributed by atoms with Crippen LogP contribution in [0.3, 0.4) is 0 Å². The first kappa shape index (κ1) is 15.7. The molecule has 6 heteroatoms. The van der Waals surface area contributed by atoms with Gasteiger partial charge >= 0.3 is 0 Å². The van der Waals surface area contributed by atoms with Gasteiger partial charge in [0.05, 0.1) is 11.4 Å². The molecule has 0 bridgehead atoms. The van der Waals surface area contributed by atoms with Crippen LogP contribution in [0, 0.1) is 0 Å². The van der Waals surface area contributed by atoms with Crippen LogP contribution in [0.25, 0.3) is 16.9 Å². The SMILES string of the molecule is O=c1cc(CSCc2cc(-c3ccccc3)no2)nc2ccccn12. The van der Waals surface area contributed by atoms with Gasteiger partial charge in [0, 0.05) is 29.6 Å². The molecular weight excluding hydrogens is 334 g/mol. The first-order valence-electron chi connectivity index (χ1n) is 7.86. The van der Waals surface area contributed by atoms with Gasteiger partial charge in [0.15, 0.2) is 0 Å². The van der Waals surface area contributed by atoms with Gasteiger partial charge in [-0.3, -0.25) is 9.20 Å². The fraction of sp³-hybridized carbons (Fsp3) is 0.105. The molecule has 5 nitrogen and oxygen atoms in total. The van der Waals surface area contributed by atoms with Crippen molar-refractivity contribution < 1.29 is 4.52 Å². The molecule has 0 spiro atoms. The van der Waals surface area contributed by atoms with Gasteiger partial charge in [-0.1, -0.05) is 41.6 Å². The molecule has 25 heavy (non-hydrogen) atoms. The lowest BCUT2D eigenvalue weighted by atomic mass is 10.1. The Bertz CT molecular complexity index is 1060. The van der Waals surface area contributed by atoms with Crippen molar-refractivity contribution in [3.63, 3.8) is 0 Å². The van der Waals surface area contributed by atoms with E-state index in [-0.39, 0.29) is 5.56 Å². The molecule has 4 rings (SSSR count). The molecule has 0 saturated carbocycles. The summed E-state index contributed by atoms with van der Waals surface area (Å²) in [4.78, 5) is 16.6. The van der Waals surface area contributed by atoms with E-state index in [1.165, 1.54) is 4.40 Å². The maximum Gasteiger partial charge on any atom is 0.258 e. The van der Waals surface area contributed by atoms with Crippen molar-refractivity contribution in [3.8, 4) is 11.3 Å². The summed E-state index contributed by atoms with van der Waals surface area (Å²) in [7, 11) is 0.